The van der Waals surface area contributed by atoms with Crippen molar-refractivity contribution in [2.24, 2.45) is 11.7 Å². The maximum Gasteiger partial charge on any atom is 0.234 e. The Kier molecular flexibility index (Phi) is 5.93. The minimum atomic E-state index is -0.422. The summed E-state index contributed by atoms with van der Waals surface area (Å²) >= 11 is 0. The van der Waals surface area contributed by atoms with Crippen LogP contribution in [0.2, 0.25) is 0 Å². The Bertz CT molecular complexity index is 229. The van der Waals surface area contributed by atoms with Crippen molar-refractivity contribution in [3.8, 4) is 0 Å². The molecular formula is C10H21N3O2. The molecular weight excluding hydrogens is 194 g/mol. The fraction of sp³-hybridized carbons (Fsp3) is 0.800. The van der Waals surface area contributed by atoms with Gasteiger partial charge in [0.05, 0.1) is 12.6 Å². The van der Waals surface area contributed by atoms with Crippen LogP contribution < -0.4 is 11.1 Å². The van der Waals surface area contributed by atoms with Crippen LogP contribution in [0.1, 0.15) is 20.8 Å². The molecule has 0 saturated carbocycles. The van der Waals surface area contributed by atoms with E-state index in [0.717, 1.165) is 0 Å². The Labute approximate surface area is 91.0 Å². The predicted molar refractivity (Wildman–Crippen MR) is 59.1 cm³/mol. The van der Waals surface area contributed by atoms with Crippen LogP contribution in [-0.2, 0) is 9.59 Å². The van der Waals surface area contributed by atoms with Gasteiger partial charge >= 0.3 is 0 Å². The molecule has 1 unspecified atom stereocenters. The van der Waals surface area contributed by atoms with Crippen LogP contribution >= 0.6 is 0 Å². The summed E-state index contributed by atoms with van der Waals surface area (Å²) in [6.45, 7) is 6.57. The highest BCUT2D eigenvalue weighted by molar-refractivity contribution is 5.82. The van der Waals surface area contributed by atoms with Gasteiger partial charge in [0.25, 0.3) is 0 Å². The second-order valence-electron chi connectivity index (χ2n) is 4.19. The van der Waals surface area contributed by atoms with E-state index >= 15 is 0 Å². The molecule has 0 aliphatic heterocycles. The van der Waals surface area contributed by atoms with Crippen molar-refractivity contribution in [3.63, 3.8) is 0 Å². The number of nitrogens with two attached hydrogens (primary N) is 1. The molecule has 0 fully saturated rings. The fourth-order valence-corrected chi connectivity index (χ4v) is 0.955. The molecule has 0 saturated heterocycles. The van der Waals surface area contributed by atoms with Crippen LogP contribution in [0, 0.1) is 5.92 Å². The average Bonchev–Trinajstić information content (AvgIpc) is 2.13. The second-order valence-corrected chi connectivity index (χ2v) is 4.19. The summed E-state index contributed by atoms with van der Waals surface area (Å²) in [5, 5.41) is 2.77. The lowest BCUT2D eigenvalue weighted by molar-refractivity contribution is -0.125. The molecule has 0 heterocycles. The number of carbonyl (C=O) groups excluding carboxylic acids is 2. The van der Waals surface area contributed by atoms with Gasteiger partial charge in [-0.2, -0.15) is 0 Å². The molecule has 0 aromatic heterocycles. The number of hydrogen-bond acceptors (Lipinski definition) is 3. The Hall–Kier alpha value is -1.10. The van der Waals surface area contributed by atoms with Crippen molar-refractivity contribution in [2.45, 2.75) is 26.8 Å². The average molecular weight is 215 g/mol. The van der Waals surface area contributed by atoms with Crippen molar-refractivity contribution in [1.82, 2.24) is 10.2 Å². The smallest absolute Gasteiger partial charge is 0.234 e. The van der Waals surface area contributed by atoms with Crippen LogP contribution in [0.4, 0.5) is 0 Å². The molecule has 3 N–H and O–H groups in total. The van der Waals surface area contributed by atoms with Crippen LogP contribution in [0.25, 0.3) is 0 Å². The van der Waals surface area contributed by atoms with E-state index in [0.29, 0.717) is 12.5 Å². The number of rotatable bonds is 6. The van der Waals surface area contributed by atoms with E-state index < -0.39 is 11.9 Å². The SMILES string of the molecule is CC(C)CNC(=O)CN(C)C(C)C(N)=O. The third kappa shape index (κ3) is 6.06. The molecule has 5 nitrogen and oxygen atoms in total. The number of hydrogen-bond donors (Lipinski definition) is 2. The summed E-state index contributed by atoms with van der Waals surface area (Å²) in [6, 6.07) is -0.421. The van der Waals surface area contributed by atoms with E-state index in [1.807, 2.05) is 13.8 Å². The monoisotopic (exact) mass is 215 g/mol. The molecule has 0 aromatic rings. The maximum absolute atomic E-state index is 11.4. The lowest BCUT2D eigenvalue weighted by Crippen LogP contribution is -2.45. The first-order valence-corrected chi connectivity index (χ1v) is 5.10. The van der Waals surface area contributed by atoms with E-state index in [1.54, 1.807) is 18.9 Å². The fourth-order valence-electron chi connectivity index (χ4n) is 0.955. The normalized spacial score (nSPS) is 12.9. The molecule has 5 heteroatoms. The van der Waals surface area contributed by atoms with Gasteiger partial charge in [0.15, 0.2) is 0 Å². The molecule has 0 radical (unpaired) electrons. The highest BCUT2D eigenvalue weighted by Crippen LogP contribution is 1.94. The first-order valence-electron chi connectivity index (χ1n) is 5.10. The van der Waals surface area contributed by atoms with E-state index in [4.69, 9.17) is 5.73 Å². The Morgan fingerprint density at radius 3 is 2.27 bits per heavy atom. The standard InChI is InChI=1S/C10H21N3O2/c1-7(2)5-12-9(14)6-13(4)8(3)10(11)15/h7-8H,5-6H2,1-4H3,(H2,11,15)(H,12,14). The molecule has 0 rings (SSSR count). The van der Waals surface area contributed by atoms with Gasteiger partial charge < -0.3 is 11.1 Å². The summed E-state index contributed by atoms with van der Waals surface area (Å²) in [5.74, 6) is -0.0821. The van der Waals surface area contributed by atoms with Gasteiger partial charge in [-0.15, -0.1) is 0 Å². The van der Waals surface area contributed by atoms with Gasteiger partial charge in [0.1, 0.15) is 0 Å². The van der Waals surface area contributed by atoms with Gasteiger partial charge in [-0.25, -0.2) is 0 Å². The summed E-state index contributed by atoms with van der Waals surface area (Å²) in [7, 11) is 1.70. The third-order valence-electron chi connectivity index (χ3n) is 2.17. The van der Waals surface area contributed by atoms with Crippen molar-refractivity contribution in [2.75, 3.05) is 20.1 Å². The second kappa shape index (κ2) is 6.40. The molecule has 0 spiro atoms. The third-order valence-corrected chi connectivity index (χ3v) is 2.17. The Morgan fingerprint density at radius 2 is 1.87 bits per heavy atom. The van der Waals surface area contributed by atoms with Crippen molar-refractivity contribution in [1.29, 1.82) is 0 Å². The van der Waals surface area contributed by atoms with Gasteiger partial charge in [0.2, 0.25) is 11.8 Å². The van der Waals surface area contributed by atoms with E-state index in [9.17, 15) is 9.59 Å². The summed E-state index contributed by atoms with van der Waals surface area (Å²) in [6.07, 6.45) is 0. The Morgan fingerprint density at radius 1 is 1.33 bits per heavy atom. The molecule has 1 atom stereocenters. The molecule has 88 valence electrons. The minimum Gasteiger partial charge on any atom is -0.368 e. The largest absolute Gasteiger partial charge is 0.368 e. The highest BCUT2D eigenvalue weighted by Gasteiger charge is 2.17. The number of likely N-dealkylation sites (N-methyl/N-ethyl adjacent to an activating group) is 1. The van der Waals surface area contributed by atoms with E-state index in [2.05, 4.69) is 5.32 Å². The van der Waals surface area contributed by atoms with Crippen molar-refractivity contribution < 1.29 is 9.59 Å². The van der Waals surface area contributed by atoms with E-state index in [-0.39, 0.29) is 12.5 Å². The van der Waals surface area contributed by atoms with E-state index in [1.165, 1.54) is 0 Å². The molecule has 0 aliphatic carbocycles. The lowest BCUT2D eigenvalue weighted by atomic mass is 10.2. The first-order chi connectivity index (χ1) is 6.84. The van der Waals surface area contributed by atoms with Crippen LogP contribution in [0.3, 0.4) is 0 Å². The zero-order chi connectivity index (χ0) is 12.0. The zero-order valence-electron chi connectivity index (χ0n) is 9.91. The topological polar surface area (TPSA) is 75.4 Å². The summed E-state index contributed by atoms with van der Waals surface area (Å²) < 4.78 is 0. The predicted octanol–water partition coefficient (Wildman–Crippen LogP) is -0.436. The molecule has 0 aromatic carbocycles. The molecule has 2 amide bonds. The number of nitrogens with one attached hydrogen (secondary N) is 1. The number of amides is 2. The summed E-state index contributed by atoms with van der Waals surface area (Å²) in [5.41, 5.74) is 5.12. The number of nitrogens with zero attached hydrogens (tertiary/aromatic N) is 1. The van der Waals surface area contributed by atoms with Gasteiger partial charge in [-0.05, 0) is 19.9 Å². The number of carbonyl (C=O) groups is 2. The van der Waals surface area contributed by atoms with Gasteiger partial charge in [-0.1, -0.05) is 13.8 Å². The van der Waals surface area contributed by atoms with Gasteiger partial charge in [-0.3, -0.25) is 14.5 Å². The van der Waals surface area contributed by atoms with Crippen molar-refractivity contribution >= 4 is 11.8 Å². The molecule has 0 bridgehead atoms. The van der Waals surface area contributed by atoms with Crippen molar-refractivity contribution in [3.05, 3.63) is 0 Å². The Balaban J connectivity index is 3.91. The number of primary amides is 1. The van der Waals surface area contributed by atoms with Crippen LogP contribution in [0.5, 0.6) is 0 Å². The maximum atomic E-state index is 11.4. The minimum absolute atomic E-state index is 0.0840. The van der Waals surface area contributed by atoms with Crippen LogP contribution in [0.15, 0.2) is 0 Å². The lowest BCUT2D eigenvalue weighted by Gasteiger charge is -2.21. The summed E-state index contributed by atoms with van der Waals surface area (Å²) in [4.78, 5) is 23.8. The zero-order valence-corrected chi connectivity index (χ0v) is 9.91. The molecule has 15 heavy (non-hydrogen) atoms. The van der Waals surface area contributed by atoms with Gasteiger partial charge in [0, 0.05) is 6.54 Å². The highest BCUT2D eigenvalue weighted by atomic mass is 16.2. The quantitative estimate of drug-likeness (QED) is 0.631. The van der Waals surface area contributed by atoms with Crippen LogP contribution in [-0.4, -0.2) is 42.9 Å². The first kappa shape index (κ1) is 13.9. The molecule has 0 aliphatic rings.